The van der Waals surface area contributed by atoms with Crippen LogP contribution in [-0.4, -0.2) is 70.9 Å². The molecule has 0 aliphatic carbocycles. The van der Waals surface area contributed by atoms with Crippen molar-refractivity contribution in [1.82, 2.24) is 15.5 Å². The number of methoxy groups -OCH3 is 2. The summed E-state index contributed by atoms with van der Waals surface area (Å²) in [5.41, 5.74) is 1.62. The fraction of sp³-hybridized carbons (Fsp3) is 0.478. The van der Waals surface area contributed by atoms with Crippen molar-refractivity contribution in [2.45, 2.75) is 19.5 Å². The number of nitrogens with zero attached hydrogens (tertiary/aromatic N) is 2. The van der Waals surface area contributed by atoms with Crippen molar-refractivity contribution < 1.29 is 23.4 Å². The van der Waals surface area contributed by atoms with Crippen LogP contribution in [0.3, 0.4) is 0 Å². The number of furan rings is 1. The van der Waals surface area contributed by atoms with E-state index in [2.05, 4.69) is 32.7 Å². The molecule has 9 nitrogen and oxygen atoms in total. The number of hydrogen-bond donors (Lipinski definition) is 2. The molecular weight excluding hydrogens is 539 g/mol. The van der Waals surface area contributed by atoms with Gasteiger partial charge in [0.05, 0.1) is 40.0 Å². The minimum Gasteiger partial charge on any atom is -0.497 e. The molecule has 3 rings (SSSR count). The Morgan fingerprint density at radius 2 is 1.88 bits per heavy atom. The third-order valence-electron chi connectivity index (χ3n) is 5.48. The summed E-state index contributed by atoms with van der Waals surface area (Å²) in [7, 11) is 4.74. The van der Waals surface area contributed by atoms with Crippen LogP contribution in [0.4, 0.5) is 0 Å². The molecule has 1 aromatic heterocycles. The normalized spacial score (nSPS) is 15.3. The molecule has 2 aromatic rings. The molecule has 1 atom stereocenters. The number of esters is 1. The maximum absolute atomic E-state index is 11.8. The summed E-state index contributed by atoms with van der Waals surface area (Å²) in [6, 6.07) is 9.99. The van der Waals surface area contributed by atoms with Gasteiger partial charge in [-0.1, -0.05) is 12.1 Å². The second-order valence-corrected chi connectivity index (χ2v) is 7.42. The molecule has 0 spiro atoms. The van der Waals surface area contributed by atoms with E-state index in [0.717, 1.165) is 32.1 Å². The van der Waals surface area contributed by atoms with Crippen molar-refractivity contribution in [2.24, 2.45) is 4.99 Å². The van der Waals surface area contributed by atoms with Crippen molar-refractivity contribution >= 4 is 35.9 Å². The standard InChI is InChI=1S/C23H32N4O5.HI/c1-16-20(22(28)30-4)13-19(32-16)14-25-23(24-2)26-15-21(27-9-11-31-12-10-27)17-5-7-18(29-3)8-6-17;/h5-8,13,21H,9-12,14-15H2,1-4H3,(H2,24,25,26);1H. The third-order valence-corrected chi connectivity index (χ3v) is 5.48. The summed E-state index contributed by atoms with van der Waals surface area (Å²) in [4.78, 5) is 18.5. The first-order chi connectivity index (χ1) is 15.5. The van der Waals surface area contributed by atoms with Gasteiger partial charge in [-0.3, -0.25) is 9.89 Å². The molecule has 1 fully saturated rings. The zero-order chi connectivity index (χ0) is 22.9. The zero-order valence-corrected chi connectivity index (χ0v) is 21.9. The smallest absolute Gasteiger partial charge is 0.341 e. The number of aliphatic imine (C=N–C) groups is 1. The van der Waals surface area contributed by atoms with Gasteiger partial charge in [-0.25, -0.2) is 4.79 Å². The van der Waals surface area contributed by atoms with Gasteiger partial charge in [0.1, 0.15) is 22.8 Å². The van der Waals surface area contributed by atoms with Crippen molar-refractivity contribution in [3.8, 4) is 5.75 Å². The lowest BCUT2D eigenvalue weighted by molar-refractivity contribution is 0.0170. The van der Waals surface area contributed by atoms with Gasteiger partial charge in [-0.15, -0.1) is 24.0 Å². The predicted molar refractivity (Wildman–Crippen MR) is 137 cm³/mol. The second-order valence-electron chi connectivity index (χ2n) is 7.42. The quantitative estimate of drug-likeness (QED) is 0.216. The Bertz CT molecular complexity index is 910. The van der Waals surface area contributed by atoms with E-state index in [1.807, 2.05) is 12.1 Å². The minimum absolute atomic E-state index is 0. The van der Waals surface area contributed by atoms with E-state index in [9.17, 15) is 4.79 Å². The monoisotopic (exact) mass is 572 g/mol. The Hall–Kier alpha value is -2.31. The van der Waals surface area contributed by atoms with Gasteiger partial charge in [-0.2, -0.15) is 0 Å². The van der Waals surface area contributed by atoms with Crippen LogP contribution in [0, 0.1) is 6.92 Å². The maximum atomic E-state index is 11.8. The molecule has 1 aromatic carbocycles. The van der Waals surface area contributed by atoms with Crippen LogP contribution in [0.5, 0.6) is 5.75 Å². The number of morpholine rings is 1. The van der Waals surface area contributed by atoms with E-state index in [1.54, 1.807) is 27.1 Å². The molecule has 33 heavy (non-hydrogen) atoms. The van der Waals surface area contributed by atoms with Crippen LogP contribution in [-0.2, 0) is 16.0 Å². The molecule has 2 N–H and O–H groups in total. The number of benzene rings is 1. The van der Waals surface area contributed by atoms with Gasteiger partial charge < -0.3 is 29.3 Å². The minimum atomic E-state index is -0.409. The van der Waals surface area contributed by atoms with Gasteiger partial charge in [0, 0.05) is 26.7 Å². The number of halogens is 1. The fourth-order valence-electron chi connectivity index (χ4n) is 3.70. The summed E-state index contributed by atoms with van der Waals surface area (Å²) in [6.07, 6.45) is 0. The Labute approximate surface area is 211 Å². The Morgan fingerprint density at radius 1 is 1.18 bits per heavy atom. The van der Waals surface area contributed by atoms with Crippen LogP contribution < -0.4 is 15.4 Å². The van der Waals surface area contributed by atoms with Crippen LogP contribution in [0.25, 0.3) is 0 Å². The molecule has 0 saturated carbocycles. The summed E-state index contributed by atoms with van der Waals surface area (Å²) >= 11 is 0. The van der Waals surface area contributed by atoms with Gasteiger partial charge in [-0.05, 0) is 30.7 Å². The molecule has 182 valence electrons. The van der Waals surface area contributed by atoms with E-state index in [1.165, 1.54) is 12.7 Å². The number of carbonyl (C=O) groups is 1. The first kappa shape index (κ1) is 26.9. The van der Waals surface area contributed by atoms with Gasteiger partial charge in [0.25, 0.3) is 0 Å². The van der Waals surface area contributed by atoms with E-state index < -0.39 is 5.97 Å². The maximum Gasteiger partial charge on any atom is 0.341 e. The van der Waals surface area contributed by atoms with Gasteiger partial charge in [0.15, 0.2) is 5.96 Å². The summed E-state index contributed by atoms with van der Waals surface area (Å²) in [5, 5.41) is 6.65. The van der Waals surface area contributed by atoms with Crippen LogP contribution in [0.2, 0.25) is 0 Å². The average Bonchev–Trinajstić information content (AvgIpc) is 3.22. The summed E-state index contributed by atoms with van der Waals surface area (Å²) in [6.45, 7) is 5.97. The van der Waals surface area contributed by atoms with E-state index in [4.69, 9.17) is 18.6 Å². The van der Waals surface area contributed by atoms with Crippen LogP contribution >= 0.6 is 24.0 Å². The highest BCUT2D eigenvalue weighted by atomic mass is 127. The molecule has 0 amide bonds. The first-order valence-corrected chi connectivity index (χ1v) is 10.6. The molecule has 2 heterocycles. The molecule has 10 heteroatoms. The summed E-state index contributed by atoms with van der Waals surface area (Å²) < 4.78 is 21.3. The Morgan fingerprint density at radius 3 is 2.48 bits per heavy atom. The van der Waals surface area contributed by atoms with Crippen LogP contribution in [0.15, 0.2) is 39.7 Å². The number of aryl methyl sites for hydroxylation is 1. The molecule has 1 saturated heterocycles. The molecular formula is C23H33IN4O5. The number of carbonyl (C=O) groups excluding carboxylic acids is 1. The van der Waals surface area contributed by atoms with Gasteiger partial charge in [0.2, 0.25) is 0 Å². The van der Waals surface area contributed by atoms with Gasteiger partial charge >= 0.3 is 5.97 Å². The Balaban J connectivity index is 0.00000385. The molecule has 0 bridgehead atoms. The van der Waals surface area contributed by atoms with Crippen molar-refractivity contribution in [2.75, 3.05) is 54.1 Å². The average molecular weight is 572 g/mol. The van der Waals surface area contributed by atoms with Crippen molar-refractivity contribution in [1.29, 1.82) is 0 Å². The largest absolute Gasteiger partial charge is 0.497 e. The third kappa shape index (κ3) is 7.34. The second kappa shape index (κ2) is 13.4. The van der Waals surface area contributed by atoms with Crippen LogP contribution in [0.1, 0.15) is 33.5 Å². The van der Waals surface area contributed by atoms with Crippen molar-refractivity contribution in [3.63, 3.8) is 0 Å². The number of nitrogens with one attached hydrogen (secondary N) is 2. The van der Waals surface area contributed by atoms with E-state index in [0.29, 0.717) is 36.1 Å². The SMILES string of the molecule is CN=C(NCc1cc(C(=O)OC)c(C)o1)NCC(c1ccc(OC)cc1)N1CCOCC1.I. The fourth-order valence-corrected chi connectivity index (χ4v) is 3.70. The molecule has 0 radical (unpaired) electrons. The van der Waals surface area contributed by atoms with E-state index in [-0.39, 0.29) is 30.0 Å². The number of hydrogen-bond acceptors (Lipinski definition) is 7. The lowest BCUT2D eigenvalue weighted by Gasteiger charge is -2.35. The first-order valence-electron chi connectivity index (χ1n) is 10.6. The lowest BCUT2D eigenvalue weighted by atomic mass is 10.0. The molecule has 1 aliphatic heterocycles. The predicted octanol–water partition coefficient (Wildman–Crippen LogP) is 2.74. The zero-order valence-electron chi connectivity index (χ0n) is 19.6. The highest BCUT2D eigenvalue weighted by Gasteiger charge is 2.23. The number of rotatable bonds is 8. The van der Waals surface area contributed by atoms with Crippen molar-refractivity contribution in [3.05, 3.63) is 53.0 Å². The number of ether oxygens (including phenoxy) is 3. The highest BCUT2D eigenvalue weighted by Crippen LogP contribution is 2.23. The summed E-state index contributed by atoms with van der Waals surface area (Å²) in [5.74, 6) is 2.23. The molecule has 1 unspecified atom stereocenters. The van der Waals surface area contributed by atoms with E-state index >= 15 is 0 Å². The Kier molecular flexibility index (Phi) is 10.9. The lowest BCUT2D eigenvalue weighted by Crippen LogP contribution is -2.46. The number of guanidine groups is 1. The highest BCUT2D eigenvalue weighted by molar-refractivity contribution is 14.0. The molecule has 1 aliphatic rings. The topological polar surface area (TPSA) is 97.6 Å².